The van der Waals surface area contributed by atoms with Gasteiger partial charge in [0.05, 0.1) is 13.3 Å². The second-order valence-corrected chi connectivity index (χ2v) is 2.90. The summed E-state index contributed by atoms with van der Waals surface area (Å²) in [6.07, 6.45) is 0. The first-order valence-corrected chi connectivity index (χ1v) is 3.64. The molecule has 0 saturated heterocycles. The average molecular weight is 172 g/mol. The van der Waals surface area contributed by atoms with Gasteiger partial charge in [-0.15, -0.1) is 0 Å². The van der Waals surface area contributed by atoms with Crippen molar-refractivity contribution in [3.05, 3.63) is 10.1 Å². The highest BCUT2D eigenvalue weighted by molar-refractivity contribution is 5.83. The molecule has 0 aromatic carbocycles. The molecule has 6 heteroatoms. The van der Waals surface area contributed by atoms with Crippen LogP contribution in [0.4, 0.5) is 0 Å². The van der Waals surface area contributed by atoms with Crippen LogP contribution >= 0.6 is 0 Å². The van der Waals surface area contributed by atoms with Crippen molar-refractivity contribution in [1.29, 1.82) is 0 Å². The molecule has 1 rings (SSSR count). The van der Waals surface area contributed by atoms with Crippen LogP contribution in [0.3, 0.4) is 0 Å². The van der Waals surface area contributed by atoms with Crippen LogP contribution in [0, 0.1) is 10.1 Å². The van der Waals surface area contributed by atoms with Crippen molar-refractivity contribution in [3.63, 3.8) is 0 Å². The minimum atomic E-state index is -0.360. The zero-order valence-electron chi connectivity index (χ0n) is 7.23. The lowest BCUT2D eigenvalue weighted by Gasteiger charge is -2.29. The van der Waals surface area contributed by atoms with Crippen LogP contribution in [0.15, 0.2) is 4.99 Å². The van der Waals surface area contributed by atoms with Crippen LogP contribution in [0.25, 0.3) is 0 Å². The zero-order chi connectivity index (χ0) is 9.14. The Balaban J connectivity index is 2.58. The molecule has 0 atom stereocenters. The van der Waals surface area contributed by atoms with E-state index in [1.54, 1.807) is 11.9 Å². The van der Waals surface area contributed by atoms with Crippen molar-refractivity contribution >= 4 is 5.84 Å². The molecular weight excluding hydrogens is 160 g/mol. The van der Waals surface area contributed by atoms with E-state index in [0.29, 0.717) is 19.2 Å². The first-order valence-electron chi connectivity index (χ1n) is 3.64. The lowest BCUT2D eigenvalue weighted by Crippen LogP contribution is -2.44. The molecule has 12 heavy (non-hydrogen) atoms. The number of amidine groups is 1. The van der Waals surface area contributed by atoms with Gasteiger partial charge in [0.2, 0.25) is 0 Å². The van der Waals surface area contributed by atoms with Crippen LogP contribution in [0.2, 0.25) is 0 Å². The predicted molar refractivity (Wildman–Crippen MR) is 44.6 cm³/mol. The summed E-state index contributed by atoms with van der Waals surface area (Å²) in [7, 11) is 3.72. The summed E-state index contributed by atoms with van der Waals surface area (Å²) in [5.74, 6) is 0.554. The minimum Gasteiger partial charge on any atom is -0.345 e. The quantitative estimate of drug-likeness (QED) is 0.414. The second kappa shape index (κ2) is 3.48. The molecule has 6 nitrogen and oxygen atoms in total. The Morgan fingerprint density at radius 3 is 2.83 bits per heavy atom. The van der Waals surface area contributed by atoms with Gasteiger partial charge in [0.1, 0.15) is 0 Å². The van der Waals surface area contributed by atoms with E-state index in [2.05, 4.69) is 4.99 Å². The SMILES string of the molecule is CN1CN=C(C[N+](=O)[O-])N(C)C1. The maximum absolute atomic E-state index is 10.2. The molecule has 0 spiro atoms. The zero-order valence-corrected chi connectivity index (χ0v) is 7.23. The number of likely N-dealkylation sites (N-methyl/N-ethyl adjacent to an activating group) is 1. The Morgan fingerprint density at radius 2 is 2.33 bits per heavy atom. The Kier molecular flexibility index (Phi) is 2.59. The Morgan fingerprint density at radius 1 is 1.67 bits per heavy atom. The van der Waals surface area contributed by atoms with Gasteiger partial charge in [-0.05, 0) is 7.05 Å². The summed E-state index contributed by atoms with van der Waals surface area (Å²) in [6, 6.07) is 0. The van der Waals surface area contributed by atoms with E-state index in [9.17, 15) is 10.1 Å². The summed E-state index contributed by atoms with van der Waals surface area (Å²) in [5.41, 5.74) is 0. The van der Waals surface area contributed by atoms with Gasteiger partial charge >= 0.3 is 0 Å². The maximum atomic E-state index is 10.2. The highest BCUT2D eigenvalue weighted by atomic mass is 16.6. The lowest BCUT2D eigenvalue weighted by atomic mass is 10.5. The normalized spacial score (nSPS) is 19.2. The monoisotopic (exact) mass is 172 g/mol. The first-order chi connectivity index (χ1) is 5.59. The van der Waals surface area contributed by atoms with Gasteiger partial charge < -0.3 is 4.90 Å². The Bertz CT molecular complexity index is 216. The van der Waals surface area contributed by atoms with E-state index < -0.39 is 0 Å². The van der Waals surface area contributed by atoms with Gasteiger partial charge in [-0.2, -0.15) is 0 Å². The Labute approximate surface area is 70.6 Å². The third kappa shape index (κ3) is 2.16. The van der Waals surface area contributed by atoms with Gasteiger partial charge in [0, 0.05) is 12.0 Å². The molecule has 0 radical (unpaired) electrons. The molecule has 0 amide bonds. The fraction of sp³-hybridized carbons (Fsp3) is 0.833. The number of hydrogen-bond donors (Lipinski definition) is 0. The molecule has 0 unspecified atom stereocenters. The van der Waals surface area contributed by atoms with E-state index in [-0.39, 0.29) is 11.5 Å². The van der Waals surface area contributed by atoms with Crippen molar-refractivity contribution in [2.75, 3.05) is 34.0 Å². The molecule has 0 N–H and O–H groups in total. The van der Waals surface area contributed by atoms with Crippen molar-refractivity contribution in [1.82, 2.24) is 9.80 Å². The molecule has 0 aliphatic carbocycles. The highest BCUT2D eigenvalue weighted by Crippen LogP contribution is 1.99. The van der Waals surface area contributed by atoms with E-state index in [4.69, 9.17) is 0 Å². The van der Waals surface area contributed by atoms with Gasteiger partial charge in [-0.25, -0.2) is 0 Å². The van der Waals surface area contributed by atoms with E-state index >= 15 is 0 Å². The van der Waals surface area contributed by atoms with Gasteiger partial charge in [-0.3, -0.25) is 20.0 Å². The van der Waals surface area contributed by atoms with Gasteiger partial charge in [0.25, 0.3) is 6.54 Å². The second-order valence-electron chi connectivity index (χ2n) is 2.90. The molecule has 1 aliphatic heterocycles. The summed E-state index contributed by atoms with van der Waals surface area (Å²) in [6.45, 7) is 1.07. The van der Waals surface area contributed by atoms with Crippen molar-refractivity contribution in [3.8, 4) is 0 Å². The number of nitro groups is 1. The molecule has 1 aliphatic rings. The van der Waals surface area contributed by atoms with Crippen molar-refractivity contribution in [2.45, 2.75) is 0 Å². The fourth-order valence-electron chi connectivity index (χ4n) is 1.10. The smallest absolute Gasteiger partial charge is 0.260 e. The summed E-state index contributed by atoms with van der Waals surface area (Å²) in [4.78, 5) is 17.6. The standard InChI is InChI=1S/C6H12N4O2/c1-8-4-7-6(3-10(11)12)9(2)5-8/h3-5H2,1-2H3. The molecule has 0 aromatic rings. The average Bonchev–Trinajstić information content (AvgIpc) is 1.94. The molecular formula is C6H12N4O2. The molecule has 0 saturated carbocycles. The van der Waals surface area contributed by atoms with Crippen LogP contribution < -0.4 is 0 Å². The number of nitrogens with zero attached hydrogens (tertiary/aromatic N) is 4. The summed E-state index contributed by atoms with van der Waals surface area (Å²) in [5, 5.41) is 10.2. The predicted octanol–water partition coefficient (Wildman–Crippen LogP) is -0.546. The van der Waals surface area contributed by atoms with E-state index in [0.717, 1.165) is 0 Å². The van der Waals surface area contributed by atoms with Crippen LogP contribution in [0.5, 0.6) is 0 Å². The van der Waals surface area contributed by atoms with Crippen molar-refractivity contribution in [2.24, 2.45) is 4.99 Å². The van der Waals surface area contributed by atoms with Crippen LogP contribution in [-0.4, -0.2) is 54.5 Å². The van der Waals surface area contributed by atoms with Gasteiger partial charge in [-0.1, -0.05) is 0 Å². The first kappa shape index (κ1) is 8.92. The van der Waals surface area contributed by atoms with E-state index in [1.165, 1.54) is 0 Å². The molecule has 68 valence electrons. The number of hydrogen-bond acceptors (Lipinski definition) is 5. The van der Waals surface area contributed by atoms with Crippen LogP contribution in [-0.2, 0) is 0 Å². The number of rotatable bonds is 2. The number of aliphatic imine (C=N–C) groups is 1. The summed E-state index contributed by atoms with van der Waals surface area (Å²) >= 11 is 0. The molecule has 0 bridgehead atoms. The molecule has 0 fully saturated rings. The van der Waals surface area contributed by atoms with Crippen molar-refractivity contribution < 1.29 is 4.92 Å². The summed E-state index contributed by atoms with van der Waals surface area (Å²) < 4.78 is 0. The highest BCUT2D eigenvalue weighted by Gasteiger charge is 2.18. The fourth-order valence-corrected chi connectivity index (χ4v) is 1.10. The van der Waals surface area contributed by atoms with E-state index in [1.807, 2.05) is 11.9 Å². The third-order valence-corrected chi connectivity index (χ3v) is 1.66. The van der Waals surface area contributed by atoms with Gasteiger partial charge in [0.15, 0.2) is 5.84 Å². The third-order valence-electron chi connectivity index (χ3n) is 1.66. The molecule has 0 aromatic heterocycles. The van der Waals surface area contributed by atoms with Crippen LogP contribution in [0.1, 0.15) is 0 Å². The lowest BCUT2D eigenvalue weighted by molar-refractivity contribution is -0.464. The topological polar surface area (TPSA) is 62.0 Å². The Hall–Kier alpha value is -1.17. The molecule has 1 heterocycles. The minimum absolute atomic E-state index is 0.176. The maximum Gasteiger partial charge on any atom is 0.260 e. The largest absolute Gasteiger partial charge is 0.345 e.